The molecule has 0 aromatic heterocycles. The quantitative estimate of drug-likeness (QED) is 0.522. The van der Waals surface area contributed by atoms with Gasteiger partial charge in [-0.25, -0.2) is 4.79 Å². The van der Waals surface area contributed by atoms with Gasteiger partial charge in [0.1, 0.15) is 23.4 Å². The van der Waals surface area contributed by atoms with Crippen LogP contribution in [0.3, 0.4) is 0 Å². The fourth-order valence-electron chi connectivity index (χ4n) is 5.45. The number of ether oxygens (including phenoxy) is 1. The van der Waals surface area contributed by atoms with Crippen LogP contribution in [0.5, 0.6) is 5.75 Å². The number of aryl methyl sites for hydroxylation is 1. The first kappa shape index (κ1) is 28.5. The SMILES string of the molecule is CC(C)(C)OC(=O)N[C@H](C(=O)N1Cc2cc(O)ccc2C[C@H]1C(=O)N[C@@H]1CCCc2ccccc21)C(C)(C)C. The van der Waals surface area contributed by atoms with Gasteiger partial charge in [-0.05, 0) is 79.8 Å². The Morgan fingerprint density at radius 1 is 1.00 bits per heavy atom. The van der Waals surface area contributed by atoms with Crippen LogP contribution in [0.25, 0.3) is 0 Å². The zero-order valence-electron chi connectivity index (χ0n) is 23.8. The molecule has 39 heavy (non-hydrogen) atoms. The van der Waals surface area contributed by atoms with E-state index < -0.39 is 29.2 Å². The van der Waals surface area contributed by atoms with Crippen molar-refractivity contribution >= 4 is 17.9 Å². The molecule has 0 bridgehead atoms. The van der Waals surface area contributed by atoms with E-state index in [4.69, 9.17) is 4.74 Å². The van der Waals surface area contributed by atoms with Gasteiger partial charge in [0.05, 0.1) is 6.04 Å². The van der Waals surface area contributed by atoms with Gasteiger partial charge in [-0.3, -0.25) is 9.59 Å². The fourth-order valence-corrected chi connectivity index (χ4v) is 5.45. The molecule has 2 aromatic carbocycles. The minimum atomic E-state index is -0.933. The number of carbonyl (C=O) groups is 3. The number of phenols is 1. The van der Waals surface area contributed by atoms with Crippen LogP contribution in [0, 0.1) is 5.41 Å². The number of alkyl carbamates (subject to hydrolysis) is 1. The highest BCUT2D eigenvalue weighted by molar-refractivity contribution is 5.92. The van der Waals surface area contributed by atoms with Crippen LogP contribution in [0.15, 0.2) is 42.5 Å². The standard InChI is InChI=1S/C31H41N3O5/c1-30(2,3)26(33-29(38)39-31(4,5)6)28(37)34-18-21-16-22(35)15-14-20(21)17-25(34)27(36)32-24-13-9-11-19-10-7-8-12-23(19)24/h7-8,10,12,14-16,24-26,35H,9,11,13,17-18H2,1-6H3,(H,32,36)(H,33,38)/t24-,25+,26-/m1/s1. The number of carbonyl (C=O) groups excluding carboxylic acids is 3. The van der Waals surface area contributed by atoms with Crippen molar-refractivity contribution < 1.29 is 24.2 Å². The molecule has 210 valence electrons. The van der Waals surface area contributed by atoms with E-state index in [1.54, 1.807) is 37.8 Å². The Morgan fingerprint density at radius 3 is 2.41 bits per heavy atom. The van der Waals surface area contributed by atoms with Gasteiger partial charge in [-0.1, -0.05) is 51.1 Å². The summed E-state index contributed by atoms with van der Waals surface area (Å²) in [6, 6.07) is 11.4. The van der Waals surface area contributed by atoms with Crippen molar-refractivity contribution in [3.05, 3.63) is 64.7 Å². The lowest BCUT2D eigenvalue weighted by Crippen LogP contribution is -2.61. The highest BCUT2D eigenvalue weighted by atomic mass is 16.6. The van der Waals surface area contributed by atoms with Gasteiger partial charge in [-0.2, -0.15) is 0 Å². The summed E-state index contributed by atoms with van der Waals surface area (Å²) in [5.74, 6) is -0.498. The Bertz CT molecular complexity index is 1240. The maximum Gasteiger partial charge on any atom is 0.408 e. The molecule has 0 unspecified atom stereocenters. The molecular formula is C31H41N3O5. The fraction of sp³-hybridized carbons (Fsp3) is 0.516. The second-order valence-electron chi connectivity index (χ2n) is 12.7. The van der Waals surface area contributed by atoms with E-state index in [1.807, 2.05) is 39.0 Å². The Labute approximate surface area is 231 Å². The molecule has 1 aliphatic heterocycles. The minimum Gasteiger partial charge on any atom is -0.508 e. The van der Waals surface area contributed by atoms with Crippen LogP contribution < -0.4 is 10.6 Å². The zero-order chi connectivity index (χ0) is 28.5. The number of hydrogen-bond acceptors (Lipinski definition) is 5. The number of fused-ring (bicyclic) bond motifs is 2. The number of aromatic hydroxyl groups is 1. The molecule has 2 aromatic rings. The van der Waals surface area contributed by atoms with Gasteiger partial charge in [0.2, 0.25) is 11.8 Å². The maximum atomic E-state index is 14.2. The largest absolute Gasteiger partial charge is 0.508 e. The zero-order valence-corrected chi connectivity index (χ0v) is 23.8. The molecule has 8 nitrogen and oxygen atoms in total. The number of amides is 3. The van der Waals surface area contributed by atoms with Gasteiger partial charge in [0.15, 0.2) is 0 Å². The van der Waals surface area contributed by atoms with E-state index >= 15 is 0 Å². The van der Waals surface area contributed by atoms with E-state index in [0.717, 1.165) is 36.0 Å². The van der Waals surface area contributed by atoms with E-state index in [1.165, 1.54) is 5.56 Å². The van der Waals surface area contributed by atoms with Crippen LogP contribution >= 0.6 is 0 Å². The van der Waals surface area contributed by atoms with Gasteiger partial charge in [0.25, 0.3) is 0 Å². The van der Waals surface area contributed by atoms with Gasteiger partial charge in [0, 0.05) is 13.0 Å². The Kier molecular flexibility index (Phi) is 7.96. The molecule has 3 atom stereocenters. The van der Waals surface area contributed by atoms with Crippen molar-refractivity contribution in [3.63, 3.8) is 0 Å². The summed E-state index contributed by atoms with van der Waals surface area (Å²) in [5.41, 5.74) is 2.66. The number of rotatable bonds is 4. The lowest BCUT2D eigenvalue weighted by molar-refractivity contribution is -0.145. The third-order valence-electron chi connectivity index (χ3n) is 7.37. The number of phenolic OH excluding ortho intramolecular Hbond substituents is 1. The summed E-state index contributed by atoms with van der Waals surface area (Å²) in [7, 11) is 0. The van der Waals surface area contributed by atoms with E-state index in [0.29, 0.717) is 6.42 Å². The Hall–Kier alpha value is -3.55. The summed E-state index contributed by atoms with van der Waals surface area (Å²) in [5, 5.41) is 16.1. The second-order valence-corrected chi connectivity index (χ2v) is 12.7. The molecule has 0 spiro atoms. The van der Waals surface area contributed by atoms with Crippen LogP contribution in [0.1, 0.15) is 82.7 Å². The summed E-state index contributed by atoms with van der Waals surface area (Å²) >= 11 is 0. The Balaban J connectivity index is 1.64. The highest BCUT2D eigenvalue weighted by Crippen LogP contribution is 2.33. The molecule has 1 heterocycles. The third kappa shape index (κ3) is 6.72. The summed E-state index contributed by atoms with van der Waals surface area (Å²) < 4.78 is 5.45. The molecule has 0 saturated heterocycles. The molecule has 2 aliphatic rings. The van der Waals surface area contributed by atoms with Crippen molar-refractivity contribution in [3.8, 4) is 5.75 Å². The molecule has 3 amide bonds. The van der Waals surface area contributed by atoms with Gasteiger partial charge in [-0.15, -0.1) is 0 Å². The van der Waals surface area contributed by atoms with E-state index in [-0.39, 0.29) is 30.2 Å². The maximum absolute atomic E-state index is 14.2. The average molecular weight is 536 g/mol. The molecule has 4 rings (SSSR count). The molecule has 0 saturated carbocycles. The molecule has 0 fully saturated rings. The first-order chi connectivity index (χ1) is 18.2. The van der Waals surface area contributed by atoms with E-state index in [9.17, 15) is 19.5 Å². The lowest BCUT2D eigenvalue weighted by Gasteiger charge is -2.41. The monoisotopic (exact) mass is 535 g/mol. The smallest absolute Gasteiger partial charge is 0.408 e. The van der Waals surface area contributed by atoms with E-state index in [2.05, 4.69) is 22.8 Å². The van der Waals surface area contributed by atoms with Crippen molar-refractivity contribution in [1.29, 1.82) is 0 Å². The predicted octanol–water partition coefficient (Wildman–Crippen LogP) is 4.78. The van der Waals surface area contributed by atoms with Crippen LogP contribution in [0.4, 0.5) is 4.79 Å². The number of benzene rings is 2. The third-order valence-corrected chi connectivity index (χ3v) is 7.37. The normalized spacial score (nSPS) is 19.8. The number of hydrogen-bond donors (Lipinski definition) is 3. The number of nitrogens with zero attached hydrogens (tertiary/aromatic N) is 1. The van der Waals surface area contributed by atoms with Crippen molar-refractivity contribution in [2.75, 3.05) is 0 Å². The van der Waals surface area contributed by atoms with Crippen LogP contribution in [0.2, 0.25) is 0 Å². The summed E-state index contributed by atoms with van der Waals surface area (Å²) in [6.45, 7) is 11.0. The summed E-state index contributed by atoms with van der Waals surface area (Å²) in [6.07, 6.45) is 2.41. The highest BCUT2D eigenvalue weighted by Gasteiger charge is 2.43. The van der Waals surface area contributed by atoms with Crippen LogP contribution in [-0.2, 0) is 33.7 Å². The van der Waals surface area contributed by atoms with Crippen molar-refractivity contribution in [2.45, 2.75) is 97.5 Å². The topological polar surface area (TPSA) is 108 Å². The molecule has 0 radical (unpaired) electrons. The lowest BCUT2D eigenvalue weighted by atomic mass is 9.84. The van der Waals surface area contributed by atoms with Crippen molar-refractivity contribution in [2.24, 2.45) is 5.41 Å². The average Bonchev–Trinajstić information content (AvgIpc) is 2.84. The second kappa shape index (κ2) is 10.9. The predicted molar refractivity (Wildman–Crippen MR) is 149 cm³/mol. The Morgan fingerprint density at radius 2 is 1.72 bits per heavy atom. The first-order valence-corrected chi connectivity index (χ1v) is 13.7. The summed E-state index contributed by atoms with van der Waals surface area (Å²) in [4.78, 5) is 42.3. The van der Waals surface area contributed by atoms with Crippen LogP contribution in [-0.4, -0.2) is 45.6 Å². The van der Waals surface area contributed by atoms with Gasteiger partial charge < -0.3 is 25.4 Å². The number of nitrogens with one attached hydrogen (secondary N) is 2. The first-order valence-electron chi connectivity index (χ1n) is 13.7. The minimum absolute atomic E-state index is 0.0992. The molecular weight excluding hydrogens is 494 g/mol. The molecule has 1 aliphatic carbocycles. The molecule has 3 N–H and O–H groups in total. The van der Waals surface area contributed by atoms with Crippen molar-refractivity contribution in [1.82, 2.24) is 15.5 Å². The van der Waals surface area contributed by atoms with Gasteiger partial charge >= 0.3 is 6.09 Å². The molecule has 8 heteroatoms.